The number of carbonyl (C=O) groups is 1. The van der Waals surface area contributed by atoms with Crippen molar-refractivity contribution < 1.29 is 13.9 Å². The van der Waals surface area contributed by atoms with Crippen molar-refractivity contribution in [3.63, 3.8) is 0 Å². The number of hydrogen-bond donors (Lipinski definition) is 1. The van der Waals surface area contributed by atoms with Crippen LogP contribution in [0, 0.1) is 24.1 Å². The van der Waals surface area contributed by atoms with Gasteiger partial charge in [0.15, 0.2) is 6.61 Å². The summed E-state index contributed by atoms with van der Waals surface area (Å²) in [5.41, 5.74) is 1.10. The number of aryl methyl sites for hydroxylation is 1. The van der Waals surface area contributed by atoms with Crippen LogP contribution in [-0.2, 0) is 4.79 Å². The van der Waals surface area contributed by atoms with E-state index in [-0.39, 0.29) is 12.3 Å². The van der Waals surface area contributed by atoms with Gasteiger partial charge in [-0.3, -0.25) is 4.79 Å². The second-order valence-electron chi connectivity index (χ2n) is 4.38. The third kappa shape index (κ3) is 3.57. The molecule has 1 N–H and O–H groups in total. The van der Waals surface area contributed by atoms with Gasteiger partial charge in [-0.1, -0.05) is 24.3 Å². The first-order valence-electron chi connectivity index (χ1n) is 6.28. The predicted molar refractivity (Wildman–Crippen MR) is 76.4 cm³/mol. The van der Waals surface area contributed by atoms with Crippen LogP contribution in [0.15, 0.2) is 42.5 Å². The van der Waals surface area contributed by atoms with Crippen LogP contribution in [0.3, 0.4) is 0 Å². The molecule has 0 fully saturated rings. The van der Waals surface area contributed by atoms with Gasteiger partial charge in [0.1, 0.15) is 17.6 Å². The molecule has 0 spiro atoms. The molecule has 0 aromatic heterocycles. The van der Waals surface area contributed by atoms with Gasteiger partial charge < -0.3 is 10.1 Å². The summed E-state index contributed by atoms with van der Waals surface area (Å²) in [4.78, 5) is 11.8. The van der Waals surface area contributed by atoms with E-state index in [1.807, 2.05) is 6.07 Å². The Kier molecular flexibility index (Phi) is 4.52. The maximum absolute atomic E-state index is 13.6. The second-order valence-corrected chi connectivity index (χ2v) is 4.38. The number of halogens is 1. The van der Waals surface area contributed by atoms with Crippen molar-refractivity contribution in [1.82, 2.24) is 0 Å². The Morgan fingerprint density at radius 1 is 1.29 bits per heavy atom. The van der Waals surface area contributed by atoms with E-state index in [4.69, 9.17) is 10.00 Å². The number of carbonyl (C=O) groups excluding carboxylic acids is 1. The third-order valence-corrected chi connectivity index (χ3v) is 2.85. The molecule has 0 aliphatic heterocycles. The van der Waals surface area contributed by atoms with E-state index in [9.17, 15) is 9.18 Å². The van der Waals surface area contributed by atoms with Gasteiger partial charge in [0, 0.05) is 0 Å². The summed E-state index contributed by atoms with van der Waals surface area (Å²) >= 11 is 0. The third-order valence-electron chi connectivity index (χ3n) is 2.85. The molecular formula is C16H13FN2O2. The maximum Gasteiger partial charge on any atom is 0.262 e. The Morgan fingerprint density at radius 3 is 2.76 bits per heavy atom. The van der Waals surface area contributed by atoms with E-state index >= 15 is 0 Å². The standard InChI is InChI=1S/C16H13FN2O2/c1-11-5-4-7-13(17)16(11)19-15(20)10-21-14-8-3-2-6-12(14)9-18/h2-8H,10H2,1H3,(H,19,20). The van der Waals surface area contributed by atoms with Crippen molar-refractivity contribution >= 4 is 11.6 Å². The quantitative estimate of drug-likeness (QED) is 0.938. The van der Waals surface area contributed by atoms with E-state index < -0.39 is 11.7 Å². The van der Waals surface area contributed by atoms with Crippen LogP contribution in [0.4, 0.5) is 10.1 Å². The van der Waals surface area contributed by atoms with Crippen LogP contribution in [0.5, 0.6) is 5.75 Å². The Labute approximate surface area is 121 Å². The van der Waals surface area contributed by atoms with Gasteiger partial charge in [0.2, 0.25) is 0 Å². The molecule has 2 aromatic carbocycles. The zero-order valence-electron chi connectivity index (χ0n) is 11.4. The molecule has 2 rings (SSSR count). The van der Waals surface area contributed by atoms with Gasteiger partial charge >= 0.3 is 0 Å². The predicted octanol–water partition coefficient (Wildman–Crippen LogP) is 3.02. The lowest BCUT2D eigenvalue weighted by Crippen LogP contribution is -2.21. The van der Waals surface area contributed by atoms with Crippen LogP contribution in [0.2, 0.25) is 0 Å². The van der Waals surface area contributed by atoms with E-state index in [1.165, 1.54) is 6.07 Å². The molecule has 0 saturated carbocycles. The highest BCUT2D eigenvalue weighted by atomic mass is 19.1. The lowest BCUT2D eigenvalue weighted by atomic mass is 10.2. The van der Waals surface area contributed by atoms with Gasteiger partial charge in [0.05, 0.1) is 11.3 Å². The Hall–Kier alpha value is -2.87. The van der Waals surface area contributed by atoms with Crippen molar-refractivity contribution in [2.75, 3.05) is 11.9 Å². The number of benzene rings is 2. The molecular weight excluding hydrogens is 271 g/mol. The molecule has 21 heavy (non-hydrogen) atoms. The average molecular weight is 284 g/mol. The van der Waals surface area contributed by atoms with Crippen molar-refractivity contribution in [3.8, 4) is 11.8 Å². The lowest BCUT2D eigenvalue weighted by molar-refractivity contribution is -0.118. The van der Waals surface area contributed by atoms with Gasteiger partial charge in [-0.05, 0) is 30.7 Å². The first-order valence-corrected chi connectivity index (χ1v) is 6.28. The average Bonchev–Trinajstić information content (AvgIpc) is 2.49. The smallest absolute Gasteiger partial charge is 0.262 e. The van der Waals surface area contributed by atoms with Crippen LogP contribution in [0.1, 0.15) is 11.1 Å². The van der Waals surface area contributed by atoms with Crippen molar-refractivity contribution in [2.24, 2.45) is 0 Å². The lowest BCUT2D eigenvalue weighted by Gasteiger charge is -2.10. The zero-order valence-corrected chi connectivity index (χ0v) is 11.4. The van der Waals surface area contributed by atoms with E-state index in [2.05, 4.69) is 5.32 Å². The summed E-state index contributed by atoms with van der Waals surface area (Å²) < 4.78 is 18.9. The number of nitrogens with one attached hydrogen (secondary N) is 1. The summed E-state index contributed by atoms with van der Waals surface area (Å²) in [5, 5.41) is 11.4. The molecule has 0 atom stereocenters. The molecule has 5 heteroatoms. The zero-order chi connectivity index (χ0) is 15.2. The Bertz CT molecular complexity index is 687. The van der Waals surface area contributed by atoms with Crippen LogP contribution < -0.4 is 10.1 Å². The highest BCUT2D eigenvalue weighted by Gasteiger charge is 2.11. The Balaban J connectivity index is 2.02. The number of nitrogens with zero attached hydrogens (tertiary/aromatic N) is 1. The highest BCUT2D eigenvalue weighted by molar-refractivity contribution is 5.92. The fourth-order valence-electron chi connectivity index (χ4n) is 1.79. The minimum absolute atomic E-state index is 0.139. The van der Waals surface area contributed by atoms with Crippen molar-refractivity contribution in [2.45, 2.75) is 6.92 Å². The summed E-state index contributed by atoms with van der Waals surface area (Å²) in [5.74, 6) is -0.669. The maximum atomic E-state index is 13.6. The number of hydrogen-bond acceptors (Lipinski definition) is 3. The number of nitriles is 1. The molecule has 0 aliphatic carbocycles. The molecule has 0 bridgehead atoms. The number of amides is 1. The first kappa shape index (κ1) is 14.5. The molecule has 0 saturated heterocycles. The first-order chi connectivity index (χ1) is 10.1. The highest BCUT2D eigenvalue weighted by Crippen LogP contribution is 2.19. The summed E-state index contributed by atoms with van der Waals surface area (Å²) in [7, 11) is 0. The molecule has 2 aromatic rings. The van der Waals surface area contributed by atoms with Crippen LogP contribution in [-0.4, -0.2) is 12.5 Å². The number of rotatable bonds is 4. The normalized spacial score (nSPS) is 9.76. The molecule has 1 amide bonds. The van der Waals surface area contributed by atoms with E-state index in [0.29, 0.717) is 16.9 Å². The second kappa shape index (κ2) is 6.53. The molecule has 0 unspecified atom stereocenters. The molecule has 0 radical (unpaired) electrons. The summed E-state index contributed by atoms with van der Waals surface area (Å²) in [6, 6.07) is 13.1. The minimum atomic E-state index is -0.499. The van der Waals surface area contributed by atoms with Gasteiger partial charge in [-0.25, -0.2) is 4.39 Å². The topological polar surface area (TPSA) is 62.1 Å². The van der Waals surface area contributed by atoms with Crippen LogP contribution in [0.25, 0.3) is 0 Å². The van der Waals surface area contributed by atoms with Gasteiger partial charge in [-0.2, -0.15) is 5.26 Å². The molecule has 106 valence electrons. The van der Waals surface area contributed by atoms with Gasteiger partial charge in [0.25, 0.3) is 5.91 Å². The molecule has 0 heterocycles. The minimum Gasteiger partial charge on any atom is -0.482 e. The molecule has 4 nitrogen and oxygen atoms in total. The summed E-state index contributed by atoms with van der Waals surface area (Å²) in [6.07, 6.45) is 0. The number of para-hydroxylation sites is 2. The van der Waals surface area contributed by atoms with E-state index in [1.54, 1.807) is 43.3 Å². The fraction of sp³-hybridized carbons (Fsp3) is 0.125. The fourth-order valence-corrected chi connectivity index (χ4v) is 1.79. The van der Waals surface area contributed by atoms with Crippen molar-refractivity contribution in [1.29, 1.82) is 5.26 Å². The Morgan fingerprint density at radius 2 is 2.05 bits per heavy atom. The number of ether oxygens (including phenoxy) is 1. The van der Waals surface area contributed by atoms with Gasteiger partial charge in [-0.15, -0.1) is 0 Å². The van der Waals surface area contributed by atoms with E-state index in [0.717, 1.165) is 0 Å². The monoisotopic (exact) mass is 284 g/mol. The summed E-state index contributed by atoms with van der Waals surface area (Å²) in [6.45, 7) is 1.40. The number of anilines is 1. The molecule has 0 aliphatic rings. The SMILES string of the molecule is Cc1cccc(F)c1NC(=O)COc1ccccc1C#N. The van der Waals surface area contributed by atoms with Crippen molar-refractivity contribution in [3.05, 3.63) is 59.4 Å². The largest absolute Gasteiger partial charge is 0.482 e. The van der Waals surface area contributed by atoms with Crippen LogP contribution >= 0.6 is 0 Å².